The van der Waals surface area contributed by atoms with Crippen molar-refractivity contribution in [3.8, 4) is 0 Å². The average molecular weight is 529 g/mol. The third-order valence-corrected chi connectivity index (χ3v) is 7.22. The Morgan fingerprint density at radius 3 is 2.23 bits per heavy atom. The van der Waals surface area contributed by atoms with Gasteiger partial charge in [-0.25, -0.2) is 0 Å². The molecule has 0 fully saturated rings. The summed E-state index contributed by atoms with van der Waals surface area (Å²) in [5.74, 6) is 0.510. The van der Waals surface area contributed by atoms with Crippen LogP contribution in [0.2, 0.25) is 0 Å². The molecule has 1 unspecified atom stereocenters. The lowest BCUT2D eigenvalue weighted by Crippen LogP contribution is -2.13. The van der Waals surface area contributed by atoms with Crippen molar-refractivity contribution in [1.82, 2.24) is 0 Å². The van der Waals surface area contributed by atoms with Crippen molar-refractivity contribution in [2.24, 2.45) is 5.92 Å². The molecule has 3 aromatic carbocycles. The summed E-state index contributed by atoms with van der Waals surface area (Å²) < 4.78 is 2.18. The van der Waals surface area contributed by atoms with Crippen LogP contribution in [0.1, 0.15) is 46.8 Å². The van der Waals surface area contributed by atoms with Crippen LogP contribution >= 0.6 is 31.9 Å². The van der Waals surface area contributed by atoms with Gasteiger partial charge in [0, 0.05) is 20.2 Å². The van der Waals surface area contributed by atoms with Crippen molar-refractivity contribution in [2.75, 3.05) is 5.32 Å². The minimum atomic E-state index is -0.0688. The molecule has 3 rings (SSSR count). The van der Waals surface area contributed by atoms with E-state index in [-0.39, 0.29) is 5.91 Å². The molecule has 0 aromatic heterocycles. The Kier molecular flexibility index (Phi) is 8.29. The Hall–Kier alpha value is -1.91. The molecule has 0 saturated carbocycles. The number of para-hydroxylation sites is 1. The van der Waals surface area contributed by atoms with Crippen molar-refractivity contribution >= 4 is 43.5 Å². The molecule has 2 nitrogen and oxygen atoms in total. The van der Waals surface area contributed by atoms with E-state index in [4.69, 9.17) is 0 Å². The van der Waals surface area contributed by atoms with Crippen LogP contribution in [0.4, 0.5) is 5.69 Å². The van der Waals surface area contributed by atoms with Crippen LogP contribution in [-0.2, 0) is 12.8 Å². The van der Waals surface area contributed by atoms with E-state index in [1.807, 2.05) is 43.3 Å². The number of amides is 1. The maximum absolute atomic E-state index is 12.6. The molecule has 0 aliphatic carbocycles. The molecule has 0 aliphatic heterocycles. The van der Waals surface area contributed by atoms with E-state index in [2.05, 4.69) is 74.4 Å². The highest BCUT2D eigenvalue weighted by atomic mass is 79.9. The van der Waals surface area contributed by atoms with Gasteiger partial charge in [0.05, 0.1) is 0 Å². The Balaban J connectivity index is 1.65. The summed E-state index contributed by atoms with van der Waals surface area (Å²) in [6, 6.07) is 22.4. The fraction of sp³-hybridized carbons (Fsp3) is 0.269. The van der Waals surface area contributed by atoms with E-state index in [9.17, 15) is 4.79 Å². The summed E-state index contributed by atoms with van der Waals surface area (Å²) in [7, 11) is 0. The SMILES string of the molecule is CCCC(Cc1ccc(C(=O)Nc2ccccc2C)cc1)Cc1ccc(Br)c(Br)c1. The van der Waals surface area contributed by atoms with Crippen LogP contribution in [-0.4, -0.2) is 5.91 Å². The average Bonchev–Trinajstić information content (AvgIpc) is 2.73. The van der Waals surface area contributed by atoms with E-state index in [0.717, 1.165) is 33.0 Å². The summed E-state index contributed by atoms with van der Waals surface area (Å²) in [5.41, 5.74) is 5.22. The molecule has 0 heterocycles. The fourth-order valence-electron chi connectivity index (χ4n) is 3.72. The molecule has 0 aliphatic rings. The third-order valence-electron chi connectivity index (χ3n) is 5.34. The van der Waals surface area contributed by atoms with Gasteiger partial charge in [-0.3, -0.25) is 4.79 Å². The van der Waals surface area contributed by atoms with Gasteiger partial charge in [0.1, 0.15) is 0 Å². The minimum absolute atomic E-state index is 0.0688. The van der Waals surface area contributed by atoms with E-state index < -0.39 is 0 Å². The second-order valence-electron chi connectivity index (χ2n) is 7.78. The van der Waals surface area contributed by atoms with E-state index in [0.29, 0.717) is 11.5 Å². The summed E-state index contributed by atoms with van der Waals surface area (Å²) in [6.45, 7) is 4.24. The van der Waals surface area contributed by atoms with Crippen LogP contribution in [0.15, 0.2) is 75.7 Å². The molecular weight excluding hydrogens is 502 g/mol. The number of hydrogen-bond acceptors (Lipinski definition) is 1. The highest BCUT2D eigenvalue weighted by Crippen LogP contribution is 2.27. The van der Waals surface area contributed by atoms with Crippen molar-refractivity contribution in [1.29, 1.82) is 0 Å². The molecule has 4 heteroatoms. The lowest BCUT2D eigenvalue weighted by atomic mass is 9.89. The van der Waals surface area contributed by atoms with Crippen molar-refractivity contribution in [2.45, 2.75) is 39.5 Å². The van der Waals surface area contributed by atoms with E-state index in [1.54, 1.807) is 0 Å². The number of aryl methyl sites for hydroxylation is 1. The number of anilines is 1. The first-order chi connectivity index (χ1) is 14.5. The zero-order chi connectivity index (χ0) is 21.5. The van der Waals surface area contributed by atoms with Gasteiger partial charge in [0.15, 0.2) is 0 Å². The first kappa shape index (κ1) is 22.8. The quantitative estimate of drug-likeness (QED) is 0.315. The molecule has 1 atom stereocenters. The van der Waals surface area contributed by atoms with Crippen molar-refractivity contribution in [3.63, 3.8) is 0 Å². The maximum Gasteiger partial charge on any atom is 0.255 e. The normalized spacial score (nSPS) is 11.9. The smallest absolute Gasteiger partial charge is 0.255 e. The molecule has 3 aromatic rings. The zero-order valence-corrected chi connectivity index (χ0v) is 20.6. The third kappa shape index (κ3) is 6.29. The lowest BCUT2D eigenvalue weighted by molar-refractivity contribution is 0.102. The lowest BCUT2D eigenvalue weighted by Gasteiger charge is -2.17. The maximum atomic E-state index is 12.6. The van der Waals surface area contributed by atoms with Gasteiger partial charge in [-0.05, 0) is 105 Å². The highest BCUT2D eigenvalue weighted by molar-refractivity contribution is 9.13. The number of rotatable bonds is 8. The van der Waals surface area contributed by atoms with E-state index >= 15 is 0 Å². The van der Waals surface area contributed by atoms with Gasteiger partial charge in [-0.2, -0.15) is 0 Å². The standard InChI is InChI=1S/C26H27Br2NO/c1-3-6-20(16-21-11-14-23(27)24(28)17-21)15-19-9-12-22(13-10-19)26(30)29-25-8-5-4-7-18(25)2/h4-5,7-14,17,20H,3,6,15-16H2,1-2H3,(H,29,30). The van der Waals surface area contributed by atoms with Crippen LogP contribution in [0.25, 0.3) is 0 Å². The van der Waals surface area contributed by atoms with Gasteiger partial charge in [0.2, 0.25) is 0 Å². The van der Waals surface area contributed by atoms with E-state index in [1.165, 1.54) is 24.0 Å². The van der Waals surface area contributed by atoms with Gasteiger partial charge in [0.25, 0.3) is 5.91 Å². The number of halogens is 2. The Bertz CT molecular complexity index is 998. The largest absolute Gasteiger partial charge is 0.322 e. The highest BCUT2D eigenvalue weighted by Gasteiger charge is 2.13. The second-order valence-corrected chi connectivity index (χ2v) is 9.49. The molecule has 30 heavy (non-hydrogen) atoms. The zero-order valence-electron chi connectivity index (χ0n) is 17.4. The van der Waals surface area contributed by atoms with Crippen LogP contribution in [0, 0.1) is 12.8 Å². The molecule has 1 N–H and O–H groups in total. The number of carbonyl (C=O) groups is 1. The predicted molar refractivity (Wildman–Crippen MR) is 133 cm³/mol. The Labute approximate surface area is 196 Å². The first-order valence-electron chi connectivity index (χ1n) is 10.4. The molecule has 156 valence electrons. The fourth-order valence-corrected chi connectivity index (χ4v) is 4.39. The molecular formula is C26H27Br2NO. The summed E-state index contributed by atoms with van der Waals surface area (Å²) in [5, 5.41) is 3.00. The summed E-state index contributed by atoms with van der Waals surface area (Å²) in [4.78, 5) is 12.6. The first-order valence-corrected chi connectivity index (χ1v) is 11.9. The van der Waals surface area contributed by atoms with Crippen LogP contribution < -0.4 is 5.32 Å². The topological polar surface area (TPSA) is 29.1 Å². The van der Waals surface area contributed by atoms with Gasteiger partial charge < -0.3 is 5.32 Å². The number of carbonyl (C=O) groups excluding carboxylic acids is 1. The Morgan fingerprint density at radius 1 is 0.900 bits per heavy atom. The summed E-state index contributed by atoms with van der Waals surface area (Å²) in [6.07, 6.45) is 4.42. The van der Waals surface area contributed by atoms with Gasteiger partial charge >= 0.3 is 0 Å². The minimum Gasteiger partial charge on any atom is -0.322 e. The van der Waals surface area contributed by atoms with Crippen LogP contribution in [0.5, 0.6) is 0 Å². The molecule has 0 spiro atoms. The summed E-state index contributed by atoms with van der Waals surface area (Å²) >= 11 is 7.15. The Morgan fingerprint density at radius 2 is 1.57 bits per heavy atom. The number of nitrogens with one attached hydrogen (secondary N) is 1. The number of hydrogen-bond donors (Lipinski definition) is 1. The molecule has 0 radical (unpaired) electrons. The molecule has 0 saturated heterocycles. The second kappa shape index (κ2) is 10.9. The van der Waals surface area contributed by atoms with Crippen LogP contribution in [0.3, 0.4) is 0 Å². The molecule has 0 bridgehead atoms. The monoisotopic (exact) mass is 527 g/mol. The molecule has 1 amide bonds. The number of benzene rings is 3. The van der Waals surface area contributed by atoms with Gasteiger partial charge in [-0.15, -0.1) is 0 Å². The van der Waals surface area contributed by atoms with Crippen molar-refractivity contribution in [3.05, 3.63) is 97.9 Å². The van der Waals surface area contributed by atoms with Crippen molar-refractivity contribution < 1.29 is 4.79 Å². The predicted octanol–water partition coefficient (Wildman–Crippen LogP) is 7.97. The van der Waals surface area contributed by atoms with Gasteiger partial charge in [-0.1, -0.05) is 56.2 Å².